The summed E-state index contributed by atoms with van der Waals surface area (Å²) in [5.41, 5.74) is 0. The van der Waals surface area contributed by atoms with Crippen molar-refractivity contribution in [2.45, 2.75) is 24.7 Å². The van der Waals surface area contributed by atoms with Gasteiger partial charge in [0.1, 0.15) is 5.78 Å². The highest BCUT2D eigenvalue weighted by Gasteiger charge is 2.51. The maximum absolute atomic E-state index is 12.0. The minimum Gasteiger partial charge on any atom is -0.392 e. The molecular weight excluding hydrogens is 284 g/mol. The number of ketones is 1. The first kappa shape index (κ1) is 14.2. The number of aliphatic hydroxyl groups is 1. The molecule has 0 aromatic heterocycles. The summed E-state index contributed by atoms with van der Waals surface area (Å²) in [6.45, 7) is 1.20. The number of carbonyl (C=O) groups is 1. The Morgan fingerprint density at radius 3 is 2.68 bits per heavy atom. The molecule has 0 aliphatic carbocycles. The lowest BCUT2D eigenvalue weighted by molar-refractivity contribution is -0.217. The zero-order valence-electron chi connectivity index (χ0n) is 10.9. The number of hydrogen-bond acceptors (Lipinski definition) is 6. The molecule has 108 valence electrons. The van der Waals surface area contributed by atoms with Crippen molar-refractivity contribution in [1.29, 1.82) is 0 Å². The summed E-state index contributed by atoms with van der Waals surface area (Å²) < 4.78 is 11.7. The van der Waals surface area contributed by atoms with Crippen molar-refractivity contribution >= 4 is 29.3 Å². The van der Waals surface area contributed by atoms with Gasteiger partial charge in [0.25, 0.3) is 0 Å². The molecule has 3 rings (SSSR count). The van der Waals surface area contributed by atoms with Gasteiger partial charge in [-0.25, -0.2) is 0 Å². The Hall–Kier alpha value is 0.250. The largest absolute Gasteiger partial charge is 0.392 e. The van der Waals surface area contributed by atoms with Gasteiger partial charge < -0.3 is 14.6 Å². The molecule has 0 unspecified atom stereocenters. The first-order valence-corrected chi connectivity index (χ1v) is 9.18. The van der Waals surface area contributed by atoms with Crippen LogP contribution in [0.4, 0.5) is 0 Å². The van der Waals surface area contributed by atoms with Gasteiger partial charge >= 0.3 is 0 Å². The fraction of sp³-hybridized carbons (Fsp3) is 0.923. The zero-order valence-corrected chi connectivity index (χ0v) is 12.5. The molecule has 19 heavy (non-hydrogen) atoms. The van der Waals surface area contributed by atoms with E-state index in [1.54, 1.807) is 11.8 Å². The lowest BCUT2D eigenvalue weighted by Crippen LogP contribution is -2.53. The van der Waals surface area contributed by atoms with E-state index in [1.165, 1.54) is 0 Å². The predicted octanol–water partition coefficient (Wildman–Crippen LogP) is 1.17. The van der Waals surface area contributed by atoms with E-state index in [0.717, 1.165) is 29.4 Å². The Bertz CT molecular complexity index is 344. The molecule has 0 saturated carbocycles. The van der Waals surface area contributed by atoms with Crippen LogP contribution in [0.1, 0.15) is 12.8 Å². The van der Waals surface area contributed by atoms with Crippen molar-refractivity contribution < 1.29 is 19.4 Å². The second kappa shape index (κ2) is 5.93. The number of Topliss-reactive ketones (excluding diaryl/α,β-unsaturated/α-hetero) is 1. The molecule has 1 spiro atoms. The van der Waals surface area contributed by atoms with Crippen LogP contribution in [0, 0.1) is 11.8 Å². The first-order chi connectivity index (χ1) is 9.23. The van der Waals surface area contributed by atoms with Crippen molar-refractivity contribution in [2.75, 3.05) is 36.2 Å². The maximum Gasteiger partial charge on any atom is 0.175 e. The average Bonchev–Trinajstić information content (AvgIpc) is 2.88. The van der Waals surface area contributed by atoms with Crippen molar-refractivity contribution in [3.63, 3.8) is 0 Å². The third-order valence-corrected chi connectivity index (χ3v) is 6.44. The Labute approximate surface area is 122 Å². The van der Waals surface area contributed by atoms with E-state index in [0.29, 0.717) is 19.6 Å². The molecule has 3 aliphatic rings. The first-order valence-electron chi connectivity index (χ1n) is 6.87. The molecule has 1 N–H and O–H groups in total. The maximum atomic E-state index is 12.0. The van der Waals surface area contributed by atoms with Crippen LogP contribution in [0.25, 0.3) is 0 Å². The number of thioether (sulfide) groups is 2. The van der Waals surface area contributed by atoms with Gasteiger partial charge in [0, 0.05) is 36.0 Å². The Kier molecular flexibility index (Phi) is 4.43. The zero-order chi connectivity index (χ0) is 13.3. The Balaban J connectivity index is 1.76. The Morgan fingerprint density at radius 2 is 1.95 bits per heavy atom. The van der Waals surface area contributed by atoms with Crippen LogP contribution in [0.3, 0.4) is 0 Å². The second-order valence-electron chi connectivity index (χ2n) is 5.33. The number of rotatable bonds is 2. The molecule has 0 aromatic rings. The summed E-state index contributed by atoms with van der Waals surface area (Å²) in [6, 6.07) is 0. The third kappa shape index (κ3) is 2.70. The van der Waals surface area contributed by atoms with E-state index in [9.17, 15) is 9.90 Å². The molecule has 3 saturated heterocycles. The number of hydrogen-bond donors (Lipinski definition) is 1. The third-order valence-electron chi connectivity index (χ3n) is 4.26. The molecule has 3 heterocycles. The standard InChI is InChI=1S/C13H20O4S2/c14-11-1-5-18-7-9(11)12(15)10-8-19-6-2-13(10)16-3-4-17-13/h9-10,12,15H,1-8H2/t9-,10-,12+/m0/s1. The van der Waals surface area contributed by atoms with E-state index in [1.807, 2.05) is 11.8 Å². The fourth-order valence-electron chi connectivity index (χ4n) is 3.16. The highest BCUT2D eigenvalue weighted by Crippen LogP contribution is 2.43. The van der Waals surface area contributed by atoms with Crippen LogP contribution in [0.5, 0.6) is 0 Å². The molecule has 0 aromatic carbocycles. The van der Waals surface area contributed by atoms with Crippen LogP contribution in [0.2, 0.25) is 0 Å². The molecule has 3 fully saturated rings. The summed E-state index contributed by atoms with van der Waals surface area (Å²) in [5.74, 6) is 2.68. The van der Waals surface area contributed by atoms with Gasteiger partial charge in [-0.2, -0.15) is 23.5 Å². The minimum absolute atomic E-state index is 0.0820. The van der Waals surface area contributed by atoms with E-state index in [4.69, 9.17) is 9.47 Å². The van der Waals surface area contributed by atoms with Crippen molar-refractivity contribution in [3.8, 4) is 0 Å². The van der Waals surface area contributed by atoms with Crippen molar-refractivity contribution in [1.82, 2.24) is 0 Å². The van der Waals surface area contributed by atoms with Gasteiger partial charge in [0.05, 0.1) is 25.2 Å². The fourth-order valence-corrected chi connectivity index (χ4v) is 5.61. The average molecular weight is 304 g/mol. The van der Waals surface area contributed by atoms with E-state index < -0.39 is 11.9 Å². The van der Waals surface area contributed by atoms with Gasteiger partial charge in [0.2, 0.25) is 0 Å². The van der Waals surface area contributed by atoms with E-state index >= 15 is 0 Å². The summed E-state index contributed by atoms with van der Waals surface area (Å²) in [7, 11) is 0. The van der Waals surface area contributed by atoms with Gasteiger partial charge in [0.15, 0.2) is 5.79 Å². The van der Waals surface area contributed by atoms with Crippen LogP contribution >= 0.6 is 23.5 Å². The van der Waals surface area contributed by atoms with Gasteiger partial charge in [-0.1, -0.05) is 0 Å². The number of aliphatic hydroxyl groups excluding tert-OH is 1. The molecule has 3 aliphatic heterocycles. The number of ether oxygens (including phenoxy) is 2. The number of carbonyl (C=O) groups excluding carboxylic acids is 1. The monoisotopic (exact) mass is 304 g/mol. The molecule has 0 bridgehead atoms. The second-order valence-corrected chi connectivity index (χ2v) is 7.63. The van der Waals surface area contributed by atoms with Crippen molar-refractivity contribution in [2.24, 2.45) is 11.8 Å². The summed E-state index contributed by atoms with van der Waals surface area (Å²) in [4.78, 5) is 12.0. The normalized spacial score (nSPS) is 36.6. The molecule has 0 radical (unpaired) electrons. The van der Waals surface area contributed by atoms with Crippen LogP contribution in [-0.2, 0) is 14.3 Å². The topological polar surface area (TPSA) is 55.8 Å². The van der Waals surface area contributed by atoms with E-state index in [-0.39, 0.29) is 17.6 Å². The highest BCUT2D eigenvalue weighted by atomic mass is 32.2. The molecule has 4 nitrogen and oxygen atoms in total. The minimum atomic E-state index is -0.633. The van der Waals surface area contributed by atoms with Crippen molar-refractivity contribution in [3.05, 3.63) is 0 Å². The van der Waals surface area contributed by atoms with Crippen LogP contribution in [0.15, 0.2) is 0 Å². The van der Waals surface area contributed by atoms with Gasteiger partial charge in [-0.05, 0) is 5.75 Å². The summed E-state index contributed by atoms with van der Waals surface area (Å²) >= 11 is 3.58. The lowest BCUT2D eigenvalue weighted by Gasteiger charge is -2.43. The van der Waals surface area contributed by atoms with E-state index in [2.05, 4.69) is 0 Å². The predicted molar refractivity (Wildman–Crippen MR) is 76.5 cm³/mol. The van der Waals surface area contributed by atoms with Crippen LogP contribution < -0.4 is 0 Å². The highest BCUT2D eigenvalue weighted by molar-refractivity contribution is 7.99. The van der Waals surface area contributed by atoms with Crippen LogP contribution in [-0.4, -0.2) is 59.0 Å². The van der Waals surface area contributed by atoms with Gasteiger partial charge in [-0.15, -0.1) is 0 Å². The Morgan fingerprint density at radius 1 is 1.21 bits per heavy atom. The molecular formula is C13H20O4S2. The van der Waals surface area contributed by atoms with Gasteiger partial charge in [-0.3, -0.25) is 4.79 Å². The summed E-state index contributed by atoms with van der Waals surface area (Å²) in [6.07, 6.45) is 0.764. The molecule has 0 amide bonds. The smallest absolute Gasteiger partial charge is 0.175 e. The molecule has 3 atom stereocenters. The SMILES string of the molecule is O=C1CCSC[C@@H]1[C@@H](O)[C@@H]1CSCCC12OCCO2. The molecule has 6 heteroatoms. The summed E-state index contributed by atoms with van der Waals surface area (Å²) in [5, 5.41) is 10.7. The quantitative estimate of drug-likeness (QED) is 0.826. The lowest BCUT2D eigenvalue weighted by atomic mass is 9.82.